The molecule has 1 aromatic carbocycles. The highest BCUT2D eigenvalue weighted by Crippen LogP contribution is 2.22. The van der Waals surface area contributed by atoms with Crippen LogP contribution < -0.4 is 0 Å². The molecule has 2 saturated heterocycles. The van der Waals surface area contributed by atoms with E-state index < -0.39 is 0 Å². The molecule has 0 N–H and O–H groups in total. The van der Waals surface area contributed by atoms with Crippen LogP contribution in [0.1, 0.15) is 31.6 Å². The number of amides is 1. The fraction of sp³-hybridized carbons (Fsp3) is 0.526. The fourth-order valence-corrected chi connectivity index (χ4v) is 3.94. The van der Waals surface area contributed by atoms with E-state index in [0.29, 0.717) is 35.6 Å². The van der Waals surface area contributed by atoms with Gasteiger partial charge in [-0.05, 0) is 56.6 Å². The van der Waals surface area contributed by atoms with Crippen molar-refractivity contribution in [2.24, 2.45) is 0 Å². The number of carbonyl (C=O) groups is 1. The molecule has 3 heterocycles. The van der Waals surface area contributed by atoms with Gasteiger partial charge < -0.3 is 9.42 Å². The second-order valence-corrected chi connectivity index (χ2v) is 7.48. The van der Waals surface area contributed by atoms with Crippen LogP contribution in [0.5, 0.6) is 0 Å². The third kappa shape index (κ3) is 3.91. The van der Waals surface area contributed by atoms with E-state index in [1.54, 1.807) is 12.1 Å². The molecular weight excluding hydrogens is 352 g/mol. The summed E-state index contributed by atoms with van der Waals surface area (Å²) in [6, 6.07) is 7.83. The number of hydrogen-bond donors (Lipinski definition) is 0. The quantitative estimate of drug-likeness (QED) is 0.805. The molecule has 0 spiro atoms. The Kier molecular flexibility index (Phi) is 5.22. The second-order valence-electron chi connectivity index (χ2n) is 7.04. The Hall–Kier alpha value is -1.92. The first kappa shape index (κ1) is 17.5. The van der Waals surface area contributed by atoms with Gasteiger partial charge in [0.05, 0.1) is 0 Å². The third-order valence-corrected chi connectivity index (χ3v) is 5.55. The average molecular weight is 375 g/mol. The zero-order valence-corrected chi connectivity index (χ0v) is 15.5. The predicted molar refractivity (Wildman–Crippen MR) is 98.9 cm³/mol. The Bertz CT molecular complexity index is 755. The van der Waals surface area contributed by atoms with Crippen molar-refractivity contribution in [3.8, 4) is 11.4 Å². The van der Waals surface area contributed by atoms with Gasteiger partial charge >= 0.3 is 0 Å². The molecule has 1 atom stereocenters. The van der Waals surface area contributed by atoms with E-state index in [1.807, 2.05) is 17.0 Å². The highest BCUT2D eigenvalue weighted by Gasteiger charge is 2.31. The maximum Gasteiger partial charge on any atom is 0.227 e. The standard InChI is InChI=1S/C19H23ClN4O2/c20-15-5-3-14(4-6-15)19-21-17(26-22-19)7-8-18(25)24-12-9-16(13-24)23-10-1-2-11-23/h3-6,16H,1-2,7-13H2/t16-/m0/s1. The van der Waals surface area contributed by atoms with Crippen LogP contribution >= 0.6 is 11.6 Å². The Labute approximate surface area is 158 Å². The number of halogens is 1. The van der Waals surface area contributed by atoms with Crippen molar-refractivity contribution in [2.45, 2.75) is 38.1 Å². The van der Waals surface area contributed by atoms with Crippen LogP contribution in [0.2, 0.25) is 5.02 Å². The maximum atomic E-state index is 12.5. The van der Waals surface area contributed by atoms with Gasteiger partial charge in [-0.15, -0.1) is 0 Å². The Balaban J connectivity index is 1.29. The summed E-state index contributed by atoms with van der Waals surface area (Å²) < 4.78 is 5.29. The number of benzene rings is 1. The molecule has 7 heteroatoms. The lowest BCUT2D eigenvalue weighted by Crippen LogP contribution is -2.37. The molecule has 1 aromatic heterocycles. The molecule has 0 radical (unpaired) electrons. The summed E-state index contributed by atoms with van der Waals surface area (Å²) in [5.41, 5.74) is 0.851. The van der Waals surface area contributed by atoms with Gasteiger partial charge in [0.25, 0.3) is 0 Å². The van der Waals surface area contributed by atoms with E-state index in [1.165, 1.54) is 25.9 Å². The van der Waals surface area contributed by atoms with Crippen LogP contribution in [0.4, 0.5) is 0 Å². The SMILES string of the molecule is O=C(CCc1nc(-c2ccc(Cl)cc2)no1)N1CC[C@H](N2CCCC2)C1. The van der Waals surface area contributed by atoms with Crippen molar-refractivity contribution in [1.29, 1.82) is 0 Å². The van der Waals surface area contributed by atoms with Gasteiger partial charge in [-0.25, -0.2) is 0 Å². The summed E-state index contributed by atoms with van der Waals surface area (Å²) in [6.07, 6.45) is 4.56. The van der Waals surface area contributed by atoms with E-state index in [-0.39, 0.29) is 5.91 Å². The average Bonchev–Trinajstić information content (AvgIpc) is 3.41. The lowest BCUT2D eigenvalue weighted by molar-refractivity contribution is -0.130. The Morgan fingerprint density at radius 1 is 1.19 bits per heavy atom. The van der Waals surface area contributed by atoms with Gasteiger partial charge in [0.2, 0.25) is 17.6 Å². The van der Waals surface area contributed by atoms with Gasteiger partial charge in [-0.3, -0.25) is 9.69 Å². The number of hydrogen-bond acceptors (Lipinski definition) is 5. The minimum atomic E-state index is 0.179. The van der Waals surface area contributed by atoms with Crippen molar-refractivity contribution >= 4 is 17.5 Å². The zero-order valence-electron chi connectivity index (χ0n) is 14.7. The van der Waals surface area contributed by atoms with Crippen LogP contribution in [-0.2, 0) is 11.2 Å². The molecule has 138 valence electrons. The minimum Gasteiger partial charge on any atom is -0.341 e. The number of aromatic nitrogens is 2. The molecule has 2 fully saturated rings. The largest absolute Gasteiger partial charge is 0.341 e. The fourth-order valence-electron chi connectivity index (χ4n) is 3.82. The van der Waals surface area contributed by atoms with Crippen molar-refractivity contribution in [3.63, 3.8) is 0 Å². The monoisotopic (exact) mass is 374 g/mol. The third-order valence-electron chi connectivity index (χ3n) is 5.30. The van der Waals surface area contributed by atoms with E-state index in [9.17, 15) is 4.79 Å². The van der Waals surface area contributed by atoms with Crippen LogP contribution in [-0.4, -0.2) is 58.1 Å². The molecule has 6 nitrogen and oxygen atoms in total. The van der Waals surface area contributed by atoms with Crippen LogP contribution in [0.15, 0.2) is 28.8 Å². The number of likely N-dealkylation sites (tertiary alicyclic amines) is 2. The molecule has 2 aromatic rings. The summed E-state index contributed by atoms with van der Waals surface area (Å²) in [5.74, 6) is 1.20. The van der Waals surface area contributed by atoms with Gasteiger partial charge in [-0.2, -0.15) is 4.98 Å². The summed E-state index contributed by atoms with van der Waals surface area (Å²) in [5, 5.41) is 4.66. The van der Waals surface area contributed by atoms with E-state index in [2.05, 4.69) is 15.0 Å². The normalized spacial score (nSPS) is 20.8. The molecule has 4 rings (SSSR count). The van der Waals surface area contributed by atoms with E-state index >= 15 is 0 Å². The molecular formula is C19H23ClN4O2. The summed E-state index contributed by atoms with van der Waals surface area (Å²) in [7, 11) is 0. The molecule has 26 heavy (non-hydrogen) atoms. The highest BCUT2D eigenvalue weighted by atomic mass is 35.5. The van der Waals surface area contributed by atoms with Crippen molar-refractivity contribution < 1.29 is 9.32 Å². The Morgan fingerprint density at radius 2 is 1.96 bits per heavy atom. The first-order chi connectivity index (χ1) is 12.7. The zero-order chi connectivity index (χ0) is 17.9. The molecule has 1 amide bonds. The number of nitrogens with zero attached hydrogens (tertiary/aromatic N) is 4. The first-order valence-electron chi connectivity index (χ1n) is 9.29. The summed E-state index contributed by atoms with van der Waals surface area (Å²) >= 11 is 5.89. The molecule has 2 aliphatic heterocycles. The molecule has 0 unspecified atom stereocenters. The lowest BCUT2D eigenvalue weighted by Gasteiger charge is -2.23. The number of rotatable bonds is 5. The van der Waals surface area contributed by atoms with Crippen LogP contribution in [0, 0.1) is 0 Å². The topological polar surface area (TPSA) is 62.5 Å². The minimum absolute atomic E-state index is 0.179. The molecule has 0 aliphatic carbocycles. The molecule has 0 saturated carbocycles. The van der Waals surface area contributed by atoms with Gasteiger partial charge in [0.1, 0.15) is 0 Å². The van der Waals surface area contributed by atoms with Crippen molar-refractivity contribution in [3.05, 3.63) is 35.2 Å². The van der Waals surface area contributed by atoms with E-state index in [4.69, 9.17) is 16.1 Å². The van der Waals surface area contributed by atoms with Crippen molar-refractivity contribution in [1.82, 2.24) is 19.9 Å². The summed E-state index contributed by atoms with van der Waals surface area (Å²) in [6.45, 7) is 4.09. The first-order valence-corrected chi connectivity index (χ1v) is 9.67. The van der Waals surface area contributed by atoms with Gasteiger partial charge in [0, 0.05) is 42.6 Å². The highest BCUT2D eigenvalue weighted by molar-refractivity contribution is 6.30. The van der Waals surface area contributed by atoms with Gasteiger partial charge in [-0.1, -0.05) is 16.8 Å². The van der Waals surface area contributed by atoms with Crippen molar-refractivity contribution in [2.75, 3.05) is 26.2 Å². The predicted octanol–water partition coefficient (Wildman–Crippen LogP) is 3.02. The lowest BCUT2D eigenvalue weighted by atomic mass is 10.2. The molecule has 2 aliphatic rings. The van der Waals surface area contributed by atoms with Crippen LogP contribution in [0.25, 0.3) is 11.4 Å². The number of carbonyl (C=O) groups excluding carboxylic acids is 1. The molecule has 0 bridgehead atoms. The van der Waals surface area contributed by atoms with E-state index in [0.717, 1.165) is 25.1 Å². The maximum absolute atomic E-state index is 12.5. The second kappa shape index (κ2) is 7.76. The van der Waals surface area contributed by atoms with Gasteiger partial charge in [0.15, 0.2) is 0 Å². The number of aryl methyl sites for hydroxylation is 1. The Morgan fingerprint density at radius 3 is 2.73 bits per heavy atom. The smallest absolute Gasteiger partial charge is 0.227 e. The van der Waals surface area contributed by atoms with Crippen LogP contribution in [0.3, 0.4) is 0 Å². The summed E-state index contributed by atoms with van der Waals surface area (Å²) in [4.78, 5) is 21.4.